The predicted octanol–water partition coefficient (Wildman–Crippen LogP) is 3.68. The zero-order valence-corrected chi connectivity index (χ0v) is 15.3. The molecule has 0 bridgehead atoms. The van der Waals surface area contributed by atoms with Crippen molar-refractivity contribution in [2.45, 2.75) is 38.5 Å². The lowest BCUT2D eigenvalue weighted by molar-refractivity contribution is 0.405. The summed E-state index contributed by atoms with van der Waals surface area (Å²) in [7, 11) is 0.537. The van der Waals surface area contributed by atoms with Crippen molar-refractivity contribution in [3.63, 3.8) is 0 Å². The third-order valence-corrected chi connectivity index (χ3v) is 4.68. The molecule has 110 valence electrons. The molecule has 1 N–H and O–H groups in total. The van der Waals surface area contributed by atoms with Crippen LogP contribution < -0.4 is 9.46 Å². The first kappa shape index (κ1) is 19.0. The summed E-state index contributed by atoms with van der Waals surface area (Å²) in [6.07, 6.45) is 0. The fourth-order valence-corrected chi connectivity index (χ4v) is 2.59. The molecule has 1 rings (SSSR count). The molecule has 19 heavy (non-hydrogen) atoms. The minimum absolute atomic E-state index is 0. The number of hydrogen-bond donors (Lipinski definition) is 1. The van der Waals surface area contributed by atoms with Gasteiger partial charge < -0.3 is 4.74 Å². The first-order valence-corrected chi connectivity index (χ1v) is 7.71. The third-order valence-electron chi connectivity index (χ3n) is 2.50. The Kier molecular flexibility index (Phi) is 7.65. The van der Waals surface area contributed by atoms with Crippen LogP contribution in [0.5, 0.6) is 5.75 Å². The molecule has 0 amide bonds. The largest absolute Gasteiger partial charge is 0.496 e. The summed E-state index contributed by atoms with van der Waals surface area (Å²) in [4.78, 5) is 0. The highest BCUT2D eigenvalue weighted by Crippen LogP contribution is 2.29. The van der Waals surface area contributed by atoms with Crippen molar-refractivity contribution in [3.8, 4) is 5.75 Å². The van der Waals surface area contributed by atoms with Crippen molar-refractivity contribution in [3.05, 3.63) is 28.2 Å². The van der Waals surface area contributed by atoms with Gasteiger partial charge in [0.25, 0.3) is 0 Å². The van der Waals surface area contributed by atoms with Crippen molar-refractivity contribution < 1.29 is 8.95 Å². The maximum absolute atomic E-state index is 12.1. The zero-order valence-electron chi connectivity index (χ0n) is 11.9. The van der Waals surface area contributed by atoms with Gasteiger partial charge in [0, 0.05) is 16.1 Å². The molecular weight excluding hydrogens is 346 g/mol. The van der Waals surface area contributed by atoms with E-state index in [0.29, 0.717) is 0 Å². The first-order chi connectivity index (χ1) is 8.25. The average Bonchev–Trinajstić information content (AvgIpc) is 2.27. The summed E-state index contributed by atoms with van der Waals surface area (Å²) in [5.41, 5.74) is 0.998. The molecule has 0 saturated heterocycles. The second-order valence-electron chi connectivity index (χ2n) is 5.11. The van der Waals surface area contributed by atoms with Crippen LogP contribution in [0.2, 0.25) is 0 Å². The minimum atomic E-state index is -1.10. The summed E-state index contributed by atoms with van der Waals surface area (Å²) < 4.78 is 21.2. The summed E-state index contributed by atoms with van der Waals surface area (Å²) >= 11 is 3.41. The van der Waals surface area contributed by atoms with Crippen LogP contribution in [-0.2, 0) is 11.0 Å². The summed E-state index contributed by atoms with van der Waals surface area (Å²) in [5.74, 6) is 0.787. The van der Waals surface area contributed by atoms with Gasteiger partial charge in [0.15, 0.2) is 0 Å². The van der Waals surface area contributed by atoms with E-state index in [9.17, 15) is 4.21 Å². The number of methoxy groups -OCH3 is 1. The van der Waals surface area contributed by atoms with Crippen molar-refractivity contribution >= 4 is 40.4 Å². The van der Waals surface area contributed by atoms with Gasteiger partial charge in [0.05, 0.1) is 22.8 Å². The van der Waals surface area contributed by atoms with Gasteiger partial charge in [-0.3, -0.25) is 0 Å². The van der Waals surface area contributed by atoms with Gasteiger partial charge >= 0.3 is 0 Å². The number of rotatable bonds is 4. The Morgan fingerprint density at radius 3 is 2.42 bits per heavy atom. The molecule has 2 atom stereocenters. The minimum Gasteiger partial charge on any atom is -0.496 e. The maximum atomic E-state index is 12.1. The van der Waals surface area contributed by atoms with Gasteiger partial charge in [-0.15, -0.1) is 0 Å². The highest BCUT2D eigenvalue weighted by Gasteiger charge is 2.22. The Hall–Kier alpha value is -0.0400. The van der Waals surface area contributed by atoms with Gasteiger partial charge in [0.2, 0.25) is 0 Å². The van der Waals surface area contributed by atoms with Crippen molar-refractivity contribution in [2.75, 3.05) is 7.11 Å². The van der Waals surface area contributed by atoms with Crippen molar-refractivity contribution in [2.24, 2.45) is 0 Å². The first-order valence-electron chi connectivity index (χ1n) is 5.77. The second kappa shape index (κ2) is 7.67. The normalized spacial score (nSPS) is 14.4. The highest BCUT2D eigenvalue weighted by molar-refractivity contribution is 9.10. The summed E-state index contributed by atoms with van der Waals surface area (Å²) in [5, 5.41) is 0. The van der Waals surface area contributed by atoms with Crippen molar-refractivity contribution in [1.29, 1.82) is 0 Å². The molecule has 1 aromatic rings. The van der Waals surface area contributed by atoms with Crippen LogP contribution in [0, 0.1) is 0 Å². The van der Waals surface area contributed by atoms with Crippen LogP contribution in [0.15, 0.2) is 22.7 Å². The highest BCUT2D eigenvalue weighted by atomic mass is 79.9. The fourth-order valence-electron chi connectivity index (χ4n) is 1.44. The van der Waals surface area contributed by atoms with E-state index in [0.717, 1.165) is 15.8 Å². The van der Waals surface area contributed by atoms with Gasteiger partial charge in [0.1, 0.15) is 5.75 Å². The third kappa shape index (κ3) is 5.45. The van der Waals surface area contributed by atoms with Crippen LogP contribution in [-0.4, -0.2) is 16.1 Å². The van der Waals surface area contributed by atoms with Gasteiger partial charge in [-0.1, -0.05) is 22.0 Å². The van der Waals surface area contributed by atoms with E-state index in [1.165, 1.54) is 0 Å². The standard InChI is InChI=1S/C13H20BrNO2S.H2S/c1-9(15-18(16)13(2,3)4)11-7-6-10(14)8-12(11)17-5;/h6-9,15H,1-5H3;1H2/t9-,18+;/m0./s1. The number of nitrogens with one attached hydrogen (secondary N) is 1. The van der Waals surface area contributed by atoms with E-state index in [1.54, 1.807) is 7.11 Å². The smallest absolute Gasteiger partial charge is 0.124 e. The molecule has 0 unspecified atom stereocenters. The monoisotopic (exact) mass is 367 g/mol. The van der Waals surface area contributed by atoms with E-state index in [2.05, 4.69) is 20.7 Å². The Balaban J connectivity index is 0.00000324. The Morgan fingerprint density at radius 1 is 1.37 bits per heavy atom. The van der Waals surface area contributed by atoms with Crippen LogP contribution in [0.3, 0.4) is 0 Å². The molecule has 0 heterocycles. The SMILES string of the molecule is COc1cc(Br)ccc1[C@H](C)N[S@](=O)C(C)(C)C.S. The summed E-state index contributed by atoms with van der Waals surface area (Å²) in [6.45, 7) is 7.82. The van der Waals surface area contributed by atoms with E-state index in [4.69, 9.17) is 4.74 Å². The molecule has 0 aliphatic carbocycles. The molecule has 0 aliphatic rings. The van der Waals surface area contributed by atoms with E-state index >= 15 is 0 Å². The molecule has 1 aromatic carbocycles. The molecule has 0 aliphatic heterocycles. The van der Waals surface area contributed by atoms with Crippen LogP contribution in [0.4, 0.5) is 0 Å². The number of hydrogen-bond acceptors (Lipinski definition) is 2. The van der Waals surface area contributed by atoms with Crippen molar-refractivity contribution in [1.82, 2.24) is 4.72 Å². The lowest BCUT2D eigenvalue weighted by atomic mass is 10.1. The number of halogens is 1. The Labute approximate surface area is 133 Å². The Morgan fingerprint density at radius 2 is 1.95 bits per heavy atom. The van der Waals surface area contributed by atoms with Crippen LogP contribution >= 0.6 is 29.4 Å². The Bertz CT molecular complexity index is 447. The lowest BCUT2D eigenvalue weighted by Gasteiger charge is -2.23. The van der Waals surface area contributed by atoms with Crippen LogP contribution in [0.1, 0.15) is 39.3 Å². The molecule has 0 radical (unpaired) electrons. The number of ether oxygens (including phenoxy) is 1. The lowest BCUT2D eigenvalue weighted by Crippen LogP contribution is -2.34. The predicted molar refractivity (Wildman–Crippen MR) is 90.5 cm³/mol. The van der Waals surface area contributed by atoms with Crippen LogP contribution in [0.25, 0.3) is 0 Å². The molecule has 0 aromatic heterocycles. The quantitative estimate of drug-likeness (QED) is 0.881. The van der Waals surface area contributed by atoms with Gasteiger partial charge in [-0.25, -0.2) is 8.93 Å². The number of benzene rings is 1. The van der Waals surface area contributed by atoms with E-state index in [-0.39, 0.29) is 24.3 Å². The molecule has 0 saturated carbocycles. The van der Waals surface area contributed by atoms with E-state index < -0.39 is 11.0 Å². The van der Waals surface area contributed by atoms with E-state index in [1.807, 2.05) is 45.9 Å². The fraction of sp³-hybridized carbons (Fsp3) is 0.538. The molecule has 3 nitrogen and oxygen atoms in total. The van der Waals surface area contributed by atoms with Gasteiger partial charge in [-0.05, 0) is 39.8 Å². The molecule has 0 spiro atoms. The second-order valence-corrected chi connectivity index (χ2v) is 8.02. The summed E-state index contributed by atoms with van der Waals surface area (Å²) in [6, 6.07) is 5.80. The molecule has 6 heteroatoms. The maximum Gasteiger partial charge on any atom is 0.124 e. The van der Waals surface area contributed by atoms with Gasteiger partial charge in [-0.2, -0.15) is 13.5 Å². The zero-order chi connectivity index (χ0) is 13.9. The topological polar surface area (TPSA) is 38.3 Å². The average molecular weight is 368 g/mol. The molecule has 0 fully saturated rings. The molecular formula is C13H22BrNO2S2.